The fraction of sp³-hybridized carbons (Fsp3) is 0.500. The number of rotatable bonds is 4. The SMILES string of the molecule is CC(C)=CC(=O)OCCO.CC=C(C)C(=O)O. The van der Waals surface area contributed by atoms with E-state index in [1.54, 1.807) is 33.8 Å². The number of allylic oxidation sites excluding steroid dienone is 2. The predicted octanol–water partition coefficient (Wildman–Crippen LogP) is 1.53. The number of hydrogen-bond acceptors (Lipinski definition) is 4. The number of aliphatic carboxylic acids is 1. The fourth-order valence-electron chi connectivity index (χ4n) is 0.547. The minimum absolute atomic E-state index is 0.0720. The summed E-state index contributed by atoms with van der Waals surface area (Å²) in [4.78, 5) is 20.5. The summed E-state index contributed by atoms with van der Waals surface area (Å²) in [6.07, 6.45) is 2.94. The number of carboxylic acid groups (broad SMARTS) is 1. The van der Waals surface area contributed by atoms with Gasteiger partial charge in [0.25, 0.3) is 0 Å². The molecule has 0 saturated carbocycles. The number of hydrogen-bond donors (Lipinski definition) is 2. The first-order chi connectivity index (χ1) is 7.84. The van der Waals surface area contributed by atoms with E-state index in [4.69, 9.17) is 10.2 Å². The van der Waals surface area contributed by atoms with Crippen LogP contribution in [0.25, 0.3) is 0 Å². The topological polar surface area (TPSA) is 83.8 Å². The number of ether oxygens (including phenoxy) is 1. The molecule has 0 spiro atoms. The van der Waals surface area contributed by atoms with E-state index in [0.717, 1.165) is 5.57 Å². The zero-order chi connectivity index (χ0) is 13.8. The van der Waals surface area contributed by atoms with Crippen LogP contribution < -0.4 is 0 Å². The lowest BCUT2D eigenvalue weighted by atomic mass is 10.3. The van der Waals surface area contributed by atoms with Crippen molar-refractivity contribution in [3.05, 3.63) is 23.3 Å². The maximum atomic E-state index is 10.6. The second kappa shape index (κ2) is 10.9. The minimum Gasteiger partial charge on any atom is -0.478 e. The van der Waals surface area contributed by atoms with Crippen LogP contribution in [0.5, 0.6) is 0 Å². The van der Waals surface area contributed by atoms with Crippen LogP contribution in [-0.2, 0) is 14.3 Å². The van der Waals surface area contributed by atoms with Gasteiger partial charge in [0.15, 0.2) is 0 Å². The Hall–Kier alpha value is -1.62. The molecular formula is C12H20O5. The second-order valence-electron chi connectivity index (χ2n) is 3.39. The molecule has 17 heavy (non-hydrogen) atoms. The van der Waals surface area contributed by atoms with E-state index in [-0.39, 0.29) is 13.2 Å². The van der Waals surface area contributed by atoms with E-state index >= 15 is 0 Å². The molecule has 0 aliphatic rings. The molecule has 0 heterocycles. The Morgan fingerprint density at radius 3 is 2.00 bits per heavy atom. The summed E-state index contributed by atoms with van der Waals surface area (Å²) in [5.74, 6) is -1.24. The Morgan fingerprint density at radius 1 is 1.24 bits per heavy atom. The molecule has 0 amide bonds. The highest BCUT2D eigenvalue weighted by Crippen LogP contribution is 1.89. The first-order valence-electron chi connectivity index (χ1n) is 5.13. The van der Waals surface area contributed by atoms with Crippen molar-refractivity contribution in [3.63, 3.8) is 0 Å². The molecule has 0 aromatic heterocycles. The van der Waals surface area contributed by atoms with E-state index in [1.807, 2.05) is 0 Å². The molecular weight excluding hydrogens is 224 g/mol. The zero-order valence-electron chi connectivity index (χ0n) is 10.7. The normalized spacial score (nSPS) is 9.82. The number of carbonyl (C=O) groups excluding carboxylic acids is 1. The predicted molar refractivity (Wildman–Crippen MR) is 64.5 cm³/mol. The van der Waals surface area contributed by atoms with Gasteiger partial charge in [-0.25, -0.2) is 9.59 Å². The highest BCUT2D eigenvalue weighted by Gasteiger charge is 1.94. The van der Waals surface area contributed by atoms with E-state index in [9.17, 15) is 9.59 Å². The average molecular weight is 244 g/mol. The lowest BCUT2D eigenvalue weighted by Crippen LogP contribution is -2.05. The summed E-state index contributed by atoms with van der Waals surface area (Å²) < 4.78 is 4.54. The maximum Gasteiger partial charge on any atom is 0.330 e. The van der Waals surface area contributed by atoms with Gasteiger partial charge in [0, 0.05) is 11.6 Å². The molecule has 0 bridgehead atoms. The lowest BCUT2D eigenvalue weighted by Gasteiger charge is -1.96. The third-order valence-electron chi connectivity index (χ3n) is 1.51. The molecule has 0 fully saturated rings. The monoisotopic (exact) mass is 244 g/mol. The summed E-state index contributed by atoms with van der Waals surface area (Å²) >= 11 is 0. The van der Waals surface area contributed by atoms with Crippen LogP contribution in [0.15, 0.2) is 23.3 Å². The molecule has 5 heteroatoms. The third kappa shape index (κ3) is 14.4. The highest BCUT2D eigenvalue weighted by atomic mass is 16.5. The second-order valence-corrected chi connectivity index (χ2v) is 3.39. The van der Waals surface area contributed by atoms with Gasteiger partial charge in [0.2, 0.25) is 0 Å². The number of aliphatic hydroxyl groups excluding tert-OH is 1. The Kier molecular flexibility index (Phi) is 11.4. The number of carboxylic acids is 1. The Labute approximate surface area is 101 Å². The molecule has 0 atom stereocenters. The van der Waals surface area contributed by atoms with Crippen LogP contribution in [-0.4, -0.2) is 35.4 Å². The summed E-state index contributed by atoms with van der Waals surface area (Å²) in [6.45, 7) is 6.82. The van der Waals surface area contributed by atoms with Crippen molar-refractivity contribution in [1.82, 2.24) is 0 Å². The van der Waals surface area contributed by atoms with Crippen molar-refractivity contribution in [1.29, 1.82) is 0 Å². The molecule has 0 saturated heterocycles. The Morgan fingerprint density at radius 2 is 1.76 bits per heavy atom. The summed E-state index contributed by atoms with van der Waals surface area (Å²) in [5, 5.41) is 16.4. The van der Waals surface area contributed by atoms with Gasteiger partial charge in [-0.05, 0) is 27.7 Å². The number of aliphatic hydroxyl groups is 1. The van der Waals surface area contributed by atoms with Crippen molar-refractivity contribution < 1.29 is 24.5 Å². The van der Waals surface area contributed by atoms with Crippen molar-refractivity contribution >= 4 is 11.9 Å². The number of carbonyl (C=O) groups is 2. The largest absolute Gasteiger partial charge is 0.478 e. The van der Waals surface area contributed by atoms with Crippen molar-refractivity contribution in [2.24, 2.45) is 0 Å². The molecule has 98 valence electrons. The molecule has 0 radical (unpaired) electrons. The van der Waals surface area contributed by atoms with Gasteiger partial charge in [0.05, 0.1) is 6.61 Å². The summed E-state index contributed by atoms with van der Waals surface area (Å²) in [7, 11) is 0. The van der Waals surface area contributed by atoms with Crippen LogP contribution >= 0.6 is 0 Å². The maximum absolute atomic E-state index is 10.6. The molecule has 0 aliphatic carbocycles. The van der Waals surface area contributed by atoms with Gasteiger partial charge in [-0.3, -0.25) is 0 Å². The third-order valence-corrected chi connectivity index (χ3v) is 1.51. The molecule has 0 aromatic carbocycles. The first kappa shape index (κ1) is 17.8. The zero-order valence-corrected chi connectivity index (χ0v) is 10.7. The van der Waals surface area contributed by atoms with Gasteiger partial charge >= 0.3 is 11.9 Å². The average Bonchev–Trinajstić information content (AvgIpc) is 2.25. The quantitative estimate of drug-likeness (QED) is 0.578. The number of esters is 1. The Balaban J connectivity index is 0. The molecule has 0 aliphatic heterocycles. The van der Waals surface area contributed by atoms with Crippen LogP contribution in [0.3, 0.4) is 0 Å². The summed E-state index contributed by atoms with van der Waals surface area (Å²) in [5.41, 5.74) is 1.28. The van der Waals surface area contributed by atoms with E-state index < -0.39 is 11.9 Å². The van der Waals surface area contributed by atoms with Gasteiger partial charge in [-0.15, -0.1) is 0 Å². The van der Waals surface area contributed by atoms with E-state index in [0.29, 0.717) is 5.57 Å². The van der Waals surface area contributed by atoms with Gasteiger partial charge < -0.3 is 14.9 Å². The summed E-state index contributed by atoms with van der Waals surface area (Å²) in [6, 6.07) is 0. The van der Waals surface area contributed by atoms with Crippen LogP contribution in [0, 0.1) is 0 Å². The van der Waals surface area contributed by atoms with Gasteiger partial charge in [-0.1, -0.05) is 11.6 Å². The Bertz CT molecular complexity index is 298. The first-order valence-corrected chi connectivity index (χ1v) is 5.13. The lowest BCUT2D eigenvalue weighted by molar-refractivity contribution is -0.138. The molecule has 0 aromatic rings. The highest BCUT2D eigenvalue weighted by molar-refractivity contribution is 5.85. The molecule has 2 N–H and O–H groups in total. The molecule has 0 unspecified atom stereocenters. The standard InChI is InChI=1S/C7H12O3.C5H8O2/c1-6(2)5-7(9)10-4-3-8;1-3-4(2)5(6)7/h5,8H,3-4H2,1-2H3;3H,1-2H3,(H,6,7). The van der Waals surface area contributed by atoms with Crippen LogP contribution in [0.2, 0.25) is 0 Å². The van der Waals surface area contributed by atoms with Gasteiger partial charge in [0.1, 0.15) is 6.61 Å². The molecule has 5 nitrogen and oxygen atoms in total. The smallest absolute Gasteiger partial charge is 0.330 e. The van der Waals surface area contributed by atoms with Crippen LogP contribution in [0.1, 0.15) is 27.7 Å². The van der Waals surface area contributed by atoms with Gasteiger partial charge in [-0.2, -0.15) is 0 Å². The van der Waals surface area contributed by atoms with Crippen LogP contribution in [0.4, 0.5) is 0 Å². The van der Waals surface area contributed by atoms with E-state index in [2.05, 4.69) is 4.74 Å². The van der Waals surface area contributed by atoms with E-state index in [1.165, 1.54) is 6.08 Å². The minimum atomic E-state index is -0.845. The fourth-order valence-corrected chi connectivity index (χ4v) is 0.547. The van der Waals surface area contributed by atoms with Crippen molar-refractivity contribution in [2.45, 2.75) is 27.7 Å². The molecule has 0 rings (SSSR count). The van der Waals surface area contributed by atoms with Crippen molar-refractivity contribution in [2.75, 3.05) is 13.2 Å². The van der Waals surface area contributed by atoms with Crippen molar-refractivity contribution in [3.8, 4) is 0 Å².